The molecule has 1 rings (SSSR count). The van der Waals surface area contributed by atoms with E-state index in [0.717, 1.165) is 18.2 Å². The second kappa shape index (κ2) is 5.45. The Balaban J connectivity index is 3.42. The quantitative estimate of drug-likeness (QED) is 0.491. The SMILES string of the molecule is COc1cc(C#N)c(/C=C/C(=O)O)cc1[N+](=O)[O-]. The summed E-state index contributed by atoms with van der Waals surface area (Å²) in [5.41, 5.74) is -0.0936. The fraction of sp³-hybridized carbons (Fsp3) is 0.0909. The number of nitriles is 1. The van der Waals surface area contributed by atoms with Crippen LogP contribution in [0.1, 0.15) is 11.1 Å². The zero-order valence-corrected chi connectivity index (χ0v) is 9.28. The van der Waals surface area contributed by atoms with E-state index >= 15 is 0 Å². The highest BCUT2D eigenvalue weighted by Crippen LogP contribution is 2.30. The Morgan fingerprint density at radius 3 is 2.72 bits per heavy atom. The zero-order valence-electron chi connectivity index (χ0n) is 9.28. The molecule has 0 aromatic heterocycles. The number of methoxy groups -OCH3 is 1. The number of carboxylic acid groups (broad SMARTS) is 1. The Morgan fingerprint density at radius 1 is 1.61 bits per heavy atom. The molecule has 0 aliphatic rings. The molecule has 7 heteroatoms. The second-order valence-corrected chi connectivity index (χ2v) is 3.15. The van der Waals surface area contributed by atoms with Crippen LogP contribution in [0.5, 0.6) is 5.75 Å². The summed E-state index contributed by atoms with van der Waals surface area (Å²) >= 11 is 0. The fourth-order valence-corrected chi connectivity index (χ4v) is 1.29. The van der Waals surface area contributed by atoms with Crippen LogP contribution in [0.3, 0.4) is 0 Å². The first-order chi connectivity index (χ1) is 8.49. The van der Waals surface area contributed by atoms with E-state index in [2.05, 4.69) is 0 Å². The third-order valence-corrected chi connectivity index (χ3v) is 2.07. The van der Waals surface area contributed by atoms with Crippen LogP contribution in [0, 0.1) is 21.4 Å². The molecule has 0 radical (unpaired) electrons. The molecule has 0 saturated heterocycles. The molecule has 0 saturated carbocycles. The lowest BCUT2D eigenvalue weighted by Gasteiger charge is -2.04. The molecule has 0 atom stereocenters. The lowest BCUT2D eigenvalue weighted by Crippen LogP contribution is -1.96. The fourth-order valence-electron chi connectivity index (χ4n) is 1.29. The summed E-state index contributed by atoms with van der Waals surface area (Å²) in [6.45, 7) is 0. The maximum atomic E-state index is 10.8. The summed E-state index contributed by atoms with van der Waals surface area (Å²) < 4.78 is 4.80. The van der Waals surface area contributed by atoms with Crippen LogP contribution in [0.15, 0.2) is 18.2 Å². The number of carboxylic acids is 1. The van der Waals surface area contributed by atoms with E-state index in [1.807, 2.05) is 6.07 Å². The lowest BCUT2D eigenvalue weighted by atomic mass is 10.1. The molecule has 0 bridgehead atoms. The first-order valence-corrected chi connectivity index (χ1v) is 4.67. The van der Waals surface area contributed by atoms with E-state index in [1.54, 1.807) is 0 Å². The minimum Gasteiger partial charge on any atom is -0.490 e. The number of nitro groups is 1. The van der Waals surface area contributed by atoms with E-state index < -0.39 is 10.9 Å². The van der Waals surface area contributed by atoms with Gasteiger partial charge >= 0.3 is 11.7 Å². The van der Waals surface area contributed by atoms with Gasteiger partial charge in [0.05, 0.1) is 23.7 Å². The normalized spacial score (nSPS) is 10.0. The molecule has 0 spiro atoms. The summed E-state index contributed by atoms with van der Waals surface area (Å²) in [5, 5.41) is 28.1. The van der Waals surface area contributed by atoms with Crippen molar-refractivity contribution in [2.75, 3.05) is 7.11 Å². The molecule has 0 unspecified atom stereocenters. The number of aliphatic carboxylic acids is 1. The maximum absolute atomic E-state index is 10.8. The van der Waals surface area contributed by atoms with Gasteiger partial charge in [-0.1, -0.05) is 0 Å². The van der Waals surface area contributed by atoms with Crippen molar-refractivity contribution in [3.05, 3.63) is 39.4 Å². The van der Waals surface area contributed by atoms with Gasteiger partial charge in [0, 0.05) is 18.2 Å². The van der Waals surface area contributed by atoms with E-state index in [9.17, 15) is 14.9 Å². The standard InChI is InChI=1S/C11H8N2O5/c1-18-10-5-8(6-12)7(2-3-11(14)15)4-9(10)13(16)17/h2-5H,1H3,(H,14,15)/b3-2+. The molecule has 0 amide bonds. The minimum absolute atomic E-state index is 0.0518. The third-order valence-electron chi connectivity index (χ3n) is 2.07. The Kier molecular flexibility index (Phi) is 3.99. The van der Waals surface area contributed by atoms with Crippen LogP contribution in [-0.4, -0.2) is 23.1 Å². The monoisotopic (exact) mass is 248 g/mol. The first kappa shape index (κ1) is 13.2. The van der Waals surface area contributed by atoms with Gasteiger partial charge < -0.3 is 9.84 Å². The number of rotatable bonds is 4. The largest absolute Gasteiger partial charge is 0.490 e. The molecule has 1 N–H and O–H groups in total. The van der Waals surface area contributed by atoms with Gasteiger partial charge in [0.15, 0.2) is 5.75 Å². The van der Waals surface area contributed by atoms with Crippen molar-refractivity contribution in [2.24, 2.45) is 0 Å². The van der Waals surface area contributed by atoms with Gasteiger partial charge in [0.2, 0.25) is 0 Å². The van der Waals surface area contributed by atoms with Crippen LogP contribution >= 0.6 is 0 Å². The molecule has 0 aliphatic heterocycles. The number of carbonyl (C=O) groups is 1. The van der Waals surface area contributed by atoms with Crippen LogP contribution in [-0.2, 0) is 4.79 Å². The van der Waals surface area contributed by atoms with E-state index in [0.29, 0.717) is 0 Å². The van der Waals surface area contributed by atoms with Crippen LogP contribution in [0.25, 0.3) is 6.08 Å². The first-order valence-electron chi connectivity index (χ1n) is 4.67. The lowest BCUT2D eigenvalue weighted by molar-refractivity contribution is -0.385. The predicted octanol–water partition coefficient (Wildman–Crippen LogP) is 1.57. The number of hydrogen-bond acceptors (Lipinski definition) is 5. The summed E-state index contributed by atoms with van der Waals surface area (Å²) in [6, 6.07) is 4.10. The Morgan fingerprint density at radius 2 is 2.28 bits per heavy atom. The summed E-state index contributed by atoms with van der Waals surface area (Å²) in [5.74, 6) is -1.26. The predicted molar refractivity (Wildman–Crippen MR) is 61.0 cm³/mol. The zero-order chi connectivity index (χ0) is 13.7. The number of nitro benzene ring substituents is 1. The van der Waals surface area contributed by atoms with Crippen molar-refractivity contribution in [3.63, 3.8) is 0 Å². The van der Waals surface area contributed by atoms with E-state index in [4.69, 9.17) is 15.1 Å². The van der Waals surface area contributed by atoms with Gasteiger partial charge in [0.1, 0.15) is 0 Å². The minimum atomic E-state index is -1.21. The molecule has 0 aliphatic carbocycles. The van der Waals surface area contributed by atoms with Crippen LogP contribution < -0.4 is 4.74 Å². The highest BCUT2D eigenvalue weighted by molar-refractivity contribution is 5.86. The van der Waals surface area contributed by atoms with Crippen LogP contribution in [0.4, 0.5) is 5.69 Å². The number of nitrogens with zero attached hydrogens (tertiary/aromatic N) is 2. The molecule has 0 heterocycles. The molecular formula is C11H8N2O5. The molecule has 1 aromatic rings. The highest BCUT2D eigenvalue weighted by atomic mass is 16.6. The number of ether oxygens (including phenoxy) is 1. The van der Waals surface area contributed by atoms with Crippen molar-refractivity contribution < 1.29 is 19.6 Å². The van der Waals surface area contributed by atoms with Gasteiger partial charge in [-0.2, -0.15) is 5.26 Å². The molecule has 0 fully saturated rings. The smallest absolute Gasteiger partial charge is 0.328 e. The maximum Gasteiger partial charge on any atom is 0.328 e. The highest BCUT2D eigenvalue weighted by Gasteiger charge is 2.17. The van der Waals surface area contributed by atoms with Gasteiger partial charge in [-0.05, 0) is 11.6 Å². The molecular weight excluding hydrogens is 240 g/mol. The average Bonchev–Trinajstić information content (AvgIpc) is 2.34. The Bertz CT molecular complexity index is 572. The Labute approximate surface area is 102 Å². The van der Waals surface area contributed by atoms with E-state index in [-0.39, 0.29) is 22.6 Å². The number of benzene rings is 1. The molecule has 1 aromatic carbocycles. The van der Waals surface area contributed by atoms with Crippen molar-refractivity contribution in [2.45, 2.75) is 0 Å². The van der Waals surface area contributed by atoms with Crippen molar-refractivity contribution >= 4 is 17.7 Å². The van der Waals surface area contributed by atoms with Gasteiger partial charge in [-0.15, -0.1) is 0 Å². The summed E-state index contributed by atoms with van der Waals surface area (Å²) in [4.78, 5) is 20.5. The van der Waals surface area contributed by atoms with Crippen LogP contribution in [0.2, 0.25) is 0 Å². The molecule has 7 nitrogen and oxygen atoms in total. The summed E-state index contributed by atoms with van der Waals surface area (Å²) in [7, 11) is 1.25. The van der Waals surface area contributed by atoms with Crippen molar-refractivity contribution in [1.82, 2.24) is 0 Å². The topological polar surface area (TPSA) is 113 Å². The summed E-state index contributed by atoms with van der Waals surface area (Å²) in [6.07, 6.45) is 1.92. The third kappa shape index (κ3) is 2.82. The Hall–Kier alpha value is -2.88. The number of hydrogen-bond donors (Lipinski definition) is 1. The van der Waals surface area contributed by atoms with Crippen molar-refractivity contribution in [3.8, 4) is 11.8 Å². The van der Waals surface area contributed by atoms with Crippen molar-refractivity contribution in [1.29, 1.82) is 5.26 Å². The van der Waals surface area contributed by atoms with E-state index in [1.165, 1.54) is 13.2 Å². The van der Waals surface area contributed by atoms with Gasteiger partial charge in [0.25, 0.3) is 0 Å². The molecule has 18 heavy (non-hydrogen) atoms. The van der Waals surface area contributed by atoms with Gasteiger partial charge in [-0.3, -0.25) is 10.1 Å². The van der Waals surface area contributed by atoms with Gasteiger partial charge in [-0.25, -0.2) is 4.79 Å². The molecule has 92 valence electrons. The average molecular weight is 248 g/mol. The second-order valence-electron chi connectivity index (χ2n) is 3.15.